The summed E-state index contributed by atoms with van der Waals surface area (Å²) in [6.07, 6.45) is 2.85. The Hall–Kier alpha value is -3.45. The summed E-state index contributed by atoms with van der Waals surface area (Å²) in [5.74, 6) is -2.43. The molecule has 0 bridgehead atoms. The quantitative estimate of drug-likeness (QED) is 0.366. The van der Waals surface area contributed by atoms with Gasteiger partial charge < -0.3 is 4.74 Å². The number of Topliss-reactive ketones (excluding diaryl/α,β-unsaturated/α-hetero) is 1. The van der Waals surface area contributed by atoms with Gasteiger partial charge in [-0.25, -0.2) is 5.01 Å². The van der Waals surface area contributed by atoms with E-state index in [4.69, 9.17) is 16.3 Å². The minimum atomic E-state index is -0.626. The number of fused-ring (bicyclic) bond motifs is 1. The first-order valence-electron chi connectivity index (χ1n) is 10.6. The molecule has 1 aliphatic heterocycles. The molecule has 3 amide bonds. The number of rotatable bonds is 6. The largest absolute Gasteiger partial charge is 0.497 e. The Morgan fingerprint density at radius 3 is 2.24 bits per heavy atom. The lowest BCUT2D eigenvalue weighted by atomic mass is 9.82. The molecule has 0 radical (unpaired) electrons. The normalized spacial score (nSPS) is 19.7. The molecular weight excluding hydrogens is 444 g/mol. The highest BCUT2D eigenvalue weighted by atomic mass is 35.5. The fourth-order valence-electron chi connectivity index (χ4n) is 4.24. The van der Waals surface area contributed by atoms with Crippen molar-refractivity contribution in [2.75, 3.05) is 13.7 Å². The van der Waals surface area contributed by atoms with E-state index in [-0.39, 0.29) is 5.56 Å². The average molecular weight is 467 g/mol. The molecule has 170 valence electrons. The molecule has 1 saturated heterocycles. The second kappa shape index (κ2) is 9.19. The molecule has 7 nitrogen and oxygen atoms in total. The van der Waals surface area contributed by atoms with E-state index in [1.807, 2.05) is 13.0 Å². The Labute approximate surface area is 196 Å². The van der Waals surface area contributed by atoms with Crippen molar-refractivity contribution in [1.29, 1.82) is 0 Å². The molecule has 1 fully saturated rings. The monoisotopic (exact) mass is 466 g/mol. The van der Waals surface area contributed by atoms with Crippen molar-refractivity contribution in [3.63, 3.8) is 0 Å². The summed E-state index contributed by atoms with van der Waals surface area (Å²) in [5.41, 5.74) is 1.58. The van der Waals surface area contributed by atoms with Crippen LogP contribution >= 0.6 is 11.6 Å². The number of carbonyl (C=O) groups is 4. The number of hydrogen-bond acceptors (Lipinski definition) is 5. The summed E-state index contributed by atoms with van der Waals surface area (Å²) in [6, 6.07) is 12.5. The van der Waals surface area contributed by atoms with Gasteiger partial charge in [0.05, 0.1) is 18.9 Å². The lowest BCUT2D eigenvalue weighted by Gasteiger charge is -2.30. The molecule has 4 rings (SSSR count). The van der Waals surface area contributed by atoms with Crippen LogP contribution in [0.25, 0.3) is 0 Å². The van der Waals surface area contributed by atoms with Crippen LogP contribution in [0, 0.1) is 11.8 Å². The lowest BCUT2D eigenvalue weighted by Crippen LogP contribution is -2.52. The van der Waals surface area contributed by atoms with Crippen LogP contribution in [0.15, 0.2) is 60.2 Å². The Morgan fingerprint density at radius 2 is 1.61 bits per heavy atom. The molecule has 1 heterocycles. The maximum Gasteiger partial charge on any atom is 0.273 e. The Bertz CT molecular complexity index is 1140. The molecule has 2 aromatic carbocycles. The number of imide groups is 1. The maximum absolute atomic E-state index is 13.4. The second-order valence-electron chi connectivity index (χ2n) is 8.21. The molecule has 0 saturated carbocycles. The number of ketones is 1. The highest BCUT2D eigenvalue weighted by Gasteiger charge is 2.51. The van der Waals surface area contributed by atoms with Gasteiger partial charge in [-0.3, -0.25) is 19.2 Å². The van der Waals surface area contributed by atoms with Gasteiger partial charge in [-0.05, 0) is 68.3 Å². The summed E-state index contributed by atoms with van der Waals surface area (Å²) in [7, 11) is 1.52. The second-order valence-corrected chi connectivity index (χ2v) is 8.65. The highest BCUT2D eigenvalue weighted by molar-refractivity contribution is 6.30. The SMILES string of the molecule is COc1ccc(C(=O)CN(C(=O)c2ccc(Cl)cc2)N2C(=O)[C@H]3CC(C)=CC[C@H]3C2=O)cc1. The van der Waals surface area contributed by atoms with E-state index in [0.717, 1.165) is 15.6 Å². The van der Waals surface area contributed by atoms with Crippen molar-refractivity contribution in [3.05, 3.63) is 76.3 Å². The van der Waals surface area contributed by atoms with Crippen LogP contribution in [0.5, 0.6) is 5.75 Å². The Kier molecular flexibility index (Phi) is 6.33. The number of hydrazine groups is 1. The number of carbonyl (C=O) groups excluding carboxylic acids is 4. The number of hydrogen-bond donors (Lipinski definition) is 0. The molecule has 2 aromatic rings. The van der Waals surface area contributed by atoms with Crippen molar-refractivity contribution >= 4 is 35.1 Å². The first-order valence-corrected chi connectivity index (χ1v) is 11.0. The third kappa shape index (κ3) is 4.41. The molecule has 0 aromatic heterocycles. The van der Waals surface area contributed by atoms with Crippen LogP contribution < -0.4 is 4.74 Å². The number of ether oxygens (including phenoxy) is 1. The number of amides is 3. The lowest BCUT2D eigenvalue weighted by molar-refractivity contribution is -0.154. The van der Waals surface area contributed by atoms with E-state index in [0.29, 0.717) is 29.2 Å². The van der Waals surface area contributed by atoms with Crippen LogP contribution in [-0.4, -0.2) is 47.2 Å². The van der Waals surface area contributed by atoms with Crippen LogP contribution in [-0.2, 0) is 9.59 Å². The third-order valence-corrected chi connectivity index (χ3v) is 6.32. The van der Waals surface area contributed by atoms with Gasteiger partial charge in [0.15, 0.2) is 5.78 Å². The van der Waals surface area contributed by atoms with Crippen molar-refractivity contribution in [2.45, 2.75) is 19.8 Å². The number of allylic oxidation sites excluding steroid dienone is 2. The molecule has 0 unspecified atom stereocenters. The van der Waals surface area contributed by atoms with E-state index in [2.05, 4.69) is 0 Å². The average Bonchev–Trinajstić information content (AvgIpc) is 3.06. The van der Waals surface area contributed by atoms with Gasteiger partial charge in [0.2, 0.25) is 0 Å². The van der Waals surface area contributed by atoms with Crippen LogP contribution in [0.3, 0.4) is 0 Å². The number of nitrogens with zero attached hydrogens (tertiary/aromatic N) is 2. The molecule has 8 heteroatoms. The van der Waals surface area contributed by atoms with Crippen LogP contribution in [0.1, 0.15) is 40.5 Å². The van der Waals surface area contributed by atoms with Gasteiger partial charge in [0, 0.05) is 16.1 Å². The fourth-order valence-corrected chi connectivity index (χ4v) is 4.36. The van der Waals surface area contributed by atoms with Crippen molar-refractivity contribution in [3.8, 4) is 5.75 Å². The topological polar surface area (TPSA) is 84.0 Å². The van der Waals surface area contributed by atoms with Crippen LogP contribution in [0.4, 0.5) is 0 Å². The van der Waals surface area contributed by atoms with Crippen molar-refractivity contribution < 1.29 is 23.9 Å². The van der Waals surface area contributed by atoms with Crippen molar-refractivity contribution in [2.24, 2.45) is 11.8 Å². The molecule has 0 N–H and O–H groups in total. The van der Waals surface area contributed by atoms with Crippen molar-refractivity contribution in [1.82, 2.24) is 10.0 Å². The van der Waals surface area contributed by atoms with E-state index in [1.54, 1.807) is 36.4 Å². The zero-order valence-electron chi connectivity index (χ0n) is 18.3. The van der Waals surface area contributed by atoms with Gasteiger partial charge in [-0.2, -0.15) is 5.01 Å². The summed E-state index contributed by atoms with van der Waals surface area (Å²) in [6.45, 7) is 1.46. The first kappa shape index (κ1) is 22.7. The van der Waals surface area contributed by atoms with Crippen LogP contribution in [0.2, 0.25) is 5.02 Å². The zero-order chi connectivity index (χ0) is 23.7. The summed E-state index contributed by atoms with van der Waals surface area (Å²) in [5, 5.41) is 2.28. The molecule has 0 spiro atoms. The number of halogens is 1. The van der Waals surface area contributed by atoms with Gasteiger partial charge in [0.25, 0.3) is 17.7 Å². The standard InChI is InChI=1S/C25H23ClN2O5/c1-15-3-12-20-21(13-15)25(32)28(24(20)31)27(23(30)17-4-8-18(26)9-5-17)14-22(29)16-6-10-19(33-2)11-7-16/h3-11,20-21H,12-14H2,1-2H3/t20-,21+/m1/s1. The predicted octanol–water partition coefficient (Wildman–Crippen LogP) is 3.93. The molecule has 33 heavy (non-hydrogen) atoms. The Morgan fingerprint density at radius 1 is 1.00 bits per heavy atom. The van der Waals surface area contributed by atoms with E-state index < -0.39 is 41.9 Å². The molecule has 2 aliphatic rings. The maximum atomic E-state index is 13.4. The van der Waals surface area contributed by atoms with Gasteiger partial charge in [-0.1, -0.05) is 23.3 Å². The number of methoxy groups -OCH3 is 1. The predicted molar refractivity (Wildman–Crippen MR) is 122 cm³/mol. The number of benzene rings is 2. The zero-order valence-corrected chi connectivity index (χ0v) is 19.0. The van der Waals surface area contributed by atoms with Gasteiger partial charge in [-0.15, -0.1) is 0 Å². The third-order valence-electron chi connectivity index (χ3n) is 6.07. The minimum Gasteiger partial charge on any atom is -0.497 e. The first-order chi connectivity index (χ1) is 15.8. The molecule has 1 aliphatic carbocycles. The van der Waals surface area contributed by atoms with Gasteiger partial charge >= 0.3 is 0 Å². The Balaban J connectivity index is 1.67. The van der Waals surface area contributed by atoms with E-state index >= 15 is 0 Å². The molecule has 2 atom stereocenters. The summed E-state index contributed by atoms with van der Waals surface area (Å²) in [4.78, 5) is 53.0. The van der Waals surface area contributed by atoms with Gasteiger partial charge in [0.1, 0.15) is 12.3 Å². The smallest absolute Gasteiger partial charge is 0.273 e. The molecular formula is C25H23ClN2O5. The fraction of sp³-hybridized carbons (Fsp3) is 0.280. The highest BCUT2D eigenvalue weighted by Crippen LogP contribution is 2.38. The minimum absolute atomic E-state index is 0.215. The van der Waals surface area contributed by atoms with E-state index in [9.17, 15) is 19.2 Å². The summed E-state index contributed by atoms with van der Waals surface area (Å²) >= 11 is 5.94. The van der Waals surface area contributed by atoms with E-state index in [1.165, 1.54) is 19.2 Å². The summed E-state index contributed by atoms with van der Waals surface area (Å²) < 4.78 is 5.12.